The molecule has 12 heavy (non-hydrogen) atoms. The normalized spacial score (nSPS) is 35.7. The topological polar surface area (TPSA) is 43.4 Å². The number of hydrogen-bond donors (Lipinski definition) is 0. The Morgan fingerprint density at radius 3 is 2.83 bits per heavy atom. The molecule has 2 fully saturated rings. The summed E-state index contributed by atoms with van der Waals surface area (Å²) in [4.78, 5) is 22.0. The zero-order valence-corrected chi connectivity index (χ0v) is 6.91. The minimum Gasteiger partial charge on any atom is -0.465 e. The van der Waals surface area contributed by atoms with E-state index in [9.17, 15) is 9.59 Å². The predicted octanol–water partition coefficient (Wildman–Crippen LogP) is 0.919. The first-order chi connectivity index (χ1) is 5.75. The molecule has 0 aromatic rings. The largest absolute Gasteiger partial charge is 0.465 e. The fraction of sp³-hybridized carbons (Fsp3) is 0.778. The molecule has 0 unspecified atom stereocenters. The van der Waals surface area contributed by atoms with E-state index in [4.69, 9.17) is 4.74 Å². The molecule has 0 bridgehead atoms. The number of rotatable bonds is 0. The van der Waals surface area contributed by atoms with E-state index in [-0.39, 0.29) is 11.9 Å². The average Bonchev–Trinajstić information content (AvgIpc) is 2.03. The Labute approximate surface area is 71.1 Å². The molecular weight excluding hydrogens is 156 g/mol. The fourth-order valence-electron chi connectivity index (χ4n) is 2.07. The van der Waals surface area contributed by atoms with Gasteiger partial charge in [0.2, 0.25) is 0 Å². The lowest BCUT2D eigenvalue weighted by molar-refractivity contribution is -0.155. The second-order valence-electron chi connectivity index (χ2n) is 3.69. The maximum absolute atomic E-state index is 11.1. The van der Waals surface area contributed by atoms with Crippen LogP contribution in [0.15, 0.2) is 0 Å². The van der Waals surface area contributed by atoms with Crippen molar-refractivity contribution in [2.45, 2.75) is 25.7 Å². The maximum Gasteiger partial charge on any atom is 0.306 e. The first kappa shape index (κ1) is 7.77. The van der Waals surface area contributed by atoms with Gasteiger partial charge in [0.1, 0.15) is 5.78 Å². The zero-order chi connectivity index (χ0) is 8.55. The number of carbonyl (C=O) groups is 2. The van der Waals surface area contributed by atoms with Gasteiger partial charge in [-0.25, -0.2) is 0 Å². The van der Waals surface area contributed by atoms with Crippen molar-refractivity contribution >= 4 is 11.8 Å². The summed E-state index contributed by atoms with van der Waals surface area (Å²) in [5, 5.41) is 0. The molecule has 0 aromatic heterocycles. The van der Waals surface area contributed by atoms with Crippen molar-refractivity contribution in [3.63, 3.8) is 0 Å². The highest BCUT2D eigenvalue weighted by Crippen LogP contribution is 2.33. The Kier molecular flexibility index (Phi) is 1.87. The molecule has 3 heteroatoms. The minimum atomic E-state index is -0.133. The van der Waals surface area contributed by atoms with Gasteiger partial charge in [0.05, 0.1) is 6.61 Å². The van der Waals surface area contributed by atoms with Crippen LogP contribution in [0.2, 0.25) is 0 Å². The Morgan fingerprint density at radius 2 is 2.00 bits per heavy atom. The number of Topliss-reactive ketones (excluding diaryl/α,β-unsaturated/α-hetero) is 1. The Bertz CT molecular complexity index is 200. The highest BCUT2D eigenvalue weighted by atomic mass is 16.5. The summed E-state index contributed by atoms with van der Waals surface area (Å²) in [6.45, 7) is 0.538. The highest BCUT2D eigenvalue weighted by molar-refractivity contribution is 5.81. The standard InChI is InChI=1S/C9H12O3/c10-8-2-1-6-5-12-9(11)4-7(6)3-8/h6-7H,1-5H2/t6-,7-/m1/s1. The number of hydrogen-bond acceptors (Lipinski definition) is 3. The first-order valence-electron chi connectivity index (χ1n) is 4.43. The molecule has 0 spiro atoms. The maximum atomic E-state index is 11.1. The van der Waals surface area contributed by atoms with Gasteiger partial charge in [0.25, 0.3) is 0 Å². The van der Waals surface area contributed by atoms with Crippen molar-refractivity contribution in [1.29, 1.82) is 0 Å². The lowest BCUT2D eigenvalue weighted by Gasteiger charge is -2.33. The Balaban J connectivity index is 2.03. The van der Waals surface area contributed by atoms with Gasteiger partial charge in [0.15, 0.2) is 0 Å². The van der Waals surface area contributed by atoms with E-state index in [0.29, 0.717) is 37.6 Å². The quantitative estimate of drug-likeness (QED) is 0.505. The van der Waals surface area contributed by atoms with Gasteiger partial charge in [-0.3, -0.25) is 9.59 Å². The second-order valence-corrected chi connectivity index (χ2v) is 3.69. The SMILES string of the molecule is O=C1CC[C@@H]2COC(=O)C[C@H]2C1. The van der Waals surface area contributed by atoms with Crippen LogP contribution in [0.3, 0.4) is 0 Å². The van der Waals surface area contributed by atoms with Crippen LogP contribution in [0.4, 0.5) is 0 Å². The number of ketones is 1. The number of ether oxygens (including phenoxy) is 1. The van der Waals surface area contributed by atoms with Crippen LogP contribution in [-0.4, -0.2) is 18.4 Å². The van der Waals surface area contributed by atoms with Crippen molar-refractivity contribution in [3.8, 4) is 0 Å². The highest BCUT2D eigenvalue weighted by Gasteiger charge is 2.35. The third kappa shape index (κ3) is 1.36. The molecule has 0 aromatic carbocycles. The summed E-state index contributed by atoms with van der Waals surface area (Å²) in [5.41, 5.74) is 0. The number of fused-ring (bicyclic) bond motifs is 1. The van der Waals surface area contributed by atoms with Gasteiger partial charge in [-0.2, -0.15) is 0 Å². The van der Waals surface area contributed by atoms with Crippen LogP contribution in [0.1, 0.15) is 25.7 Å². The molecule has 1 aliphatic heterocycles. The van der Waals surface area contributed by atoms with Gasteiger partial charge in [-0.05, 0) is 18.3 Å². The molecule has 1 saturated carbocycles. The van der Waals surface area contributed by atoms with Crippen LogP contribution in [0.5, 0.6) is 0 Å². The Hall–Kier alpha value is -0.860. The van der Waals surface area contributed by atoms with Crippen LogP contribution >= 0.6 is 0 Å². The molecule has 1 aliphatic carbocycles. The van der Waals surface area contributed by atoms with Crippen LogP contribution in [-0.2, 0) is 14.3 Å². The van der Waals surface area contributed by atoms with E-state index in [1.165, 1.54) is 0 Å². The van der Waals surface area contributed by atoms with Gasteiger partial charge in [-0.15, -0.1) is 0 Å². The van der Waals surface area contributed by atoms with Gasteiger partial charge in [0, 0.05) is 19.3 Å². The Morgan fingerprint density at radius 1 is 1.17 bits per heavy atom. The molecule has 1 heterocycles. The zero-order valence-electron chi connectivity index (χ0n) is 6.91. The molecule has 0 amide bonds. The fourth-order valence-corrected chi connectivity index (χ4v) is 2.07. The lowest BCUT2D eigenvalue weighted by Crippen LogP contribution is -2.35. The number of cyclic esters (lactones) is 1. The second kappa shape index (κ2) is 2.88. The van der Waals surface area contributed by atoms with Gasteiger partial charge >= 0.3 is 5.97 Å². The molecule has 0 N–H and O–H groups in total. The van der Waals surface area contributed by atoms with Crippen molar-refractivity contribution in [2.75, 3.05) is 6.61 Å². The van der Waals surface area contributed by atoms with Crippen molar-refractivity contribution in [2.24, 2.45) is 11.8 Å². The van der Waals surface area contributed by atoms with Crippen molar-refractivity contribution in [1.82, 2.24) is 0 Å². The molecule has 2 rings (SSSR count). The summed E-state index contributed by atoms with van der Waals surface area (Å²) in [7, 11) is 0. The summed E-state index contributed by atoms with van der Waals surface area (Å²) in [5.74, 6) is 0.921. The summed E-state index contributed by atoms with van der Waals surface area (Å²) in [6.07, 6.45) is 2.64. The molecule has 3 nitrogen and oxygen atoms in total. The van der Waals surface area contributed by atoms with Gasteiger partial charge in [-0.1, -0.05) is 0 Å². The van der Waals surface area contributed by atoms with E-state index in [1.807, 2.05) is 0 Å². The van der Waals surface area contributed by atoms with Crippen LogP contribution < -0.4 is 0 Å². The van der Waals surface area contributed by atoms with Crippen LogP contribution in [0, 0.1) is 11.8 Å². The smallest absolute Gasteiger partial charge is 0.306 e. The molecule has 2 aliphatic rings. The molecule has 0 radical (unpaired) electrons. The average molecular weight is 168 g/mol. The van der Waals surface area contributed by atoms with E-state index in [2.05, 4.69) is 0 Å². The number of esters is 1. The summed E-state index contributed by atoms with van der Waals surface area (Å²) in [6, 6.07) is 0. The van der Waals surface area contributed by atoms with Crippen molar-refractivity contribution in [3.05, 3.63) is 0 Å². The molecule has 1 saturated heterocycles. The monoisotopic (exact) mass is 168 g/mol. The predicted molar refractivity (Wildman–Crippen MR) is 41.4 cm³/mol. The summed E-state index contributed by atoms with van der Waals surface area (Å²) < 4.78 is 4.93. The van der Waals surface area contributed by atoms with Crippen LogP contribution in [0.25, 0.3) is 0 Å². The number of carbonyl (C=O) groups excluding carboxylic acids is 2. The van der Waals surface area contributed by atoms with Gasteiger partial charge < -0.3 is 4.74 Å². The summed E-state index contributed by atoms with van der Waals surface area (Å²) >= 11 is 0. The third-order valence-electron chi connectivity index (χ3n) is 2.84. The molecule has 66 valence electrons. The third-order valence-corrected chi connectivity index (χ3v) is 2.84. The van der Waals surface area contributed by atoms with E-state index >= 15 is 0 Å². The van der Waals surface area contributed by atoms with E-state index in [0.717, 1.165) is 6.42 Å². The lowest BCUT2D eigenvalue weighted by atomic mass is 9.76. The van der Waals surface area contributed by atoms with E-state index < -0.39 is 0 Å². The van der Waals surface area contributed by atoms with E-state index in [1.54, 1.807) is 0 Å². The first-order valence-corrected chi connectivity index (χ1v) is 4.43. The molecular formula is C9H12O3. The molecule has 2 atom stereocenters. The minimum absolute atomic E-state index is 0.133. The van der Waals surface area contributed by atoms with Crippen molar-refractivity contribution < 1.29 is 14.3 Å².